The summed E-state index contributed by atoms with van der Waals surface area (Å²) in [7, 11) is 3.88. The number of fused-ring (bicyclic) bond motifs is 6. The molecule has 53 heavy (non-hydrogen) atoms. The summed E-state index contributed by atoms with van der Waals surface area (Å²) >= 11 is 0. The zero-order valence-corrected chi connectivity index (χ0v) is 29.7. The lowest BCUT2D eigenvalue weighted by atomic mass is 10.2. The lowest BCUT2D eigenvalue weighted by molar-refractivity contribution is 0.0577. The highest BCUT2D eigenvalue weighted by Gasteiger charge is 2.18. The van der Waals surface area contributed by atoms with Crippen molar-refractivity contribution in [3.63, 3.8) is 0 Å². The molecule has 11 heteroatoms. The van der Waals surface area contributed by atoms with Crippen molar-refractivity contribution in [1.29, 1.82) is 0 Å². The van der Waals surface area contributed by atoms with Crippen LogP contribution in [-0.4, -0.2) is 88.3 Å². The van der Waals surface area contributed by atoms with Crippen LogP contribution in [0.15, 0.2) is 115 Å². The first-order chi connectivity index (χ1) is 26.0. The molecule has 5 aromatic carbocycles. The van der Waals surface area contributed by atoms with Gasteiger partial charge >= 0.3 is 12.2 Å². The Kier molecular flexibility index (Phi) is 11.0. The average Bonchev–Trinajstić information content (AvgIpc) is 3.70. The molecule has 0 amide bonds. The number of nitrogens with zero attached hydrogens (tertiary/aromatic N) is 3. The van der Waals surface area contributed by atoms with Gasteiger partial charge in [0.25, 0.3) is 0 Å². The van der Waals surface area contributed by atoms with Gasteiger partial charge in [0.1, 0.15) is 37.9 Å². The fraction of sp³-hybridized carbons (Fsp3) is 0.238. The van der Waals surface area contributed by atoms with Gasteiger partial charge in [-0.25, -0.2) is 18.7 Å². The molecular formula is C42H41N3O8. The van der Waals surface area contributed by atoms with Crippen LogP contribution in [0.5, 0.6) is 11.5 Å². The van der Waals surface area contributed by atoms with Crippen LogP contribution < -0.4 is 14.4 Å². The van der Waals surface area contributed by atoms with Crippen molar-refractivity contribution in [2.75, 3.05) is 71.9 Å². The monoisotopic (exact) mass is 715 g/mol. The van der Waals surface area contributed by atoms with E-state index in [9.17, 15) is 9.59 Å². The van der Waals surface area contributed by atoms with E-state index in [4.69, 9.17) is 28.4 Å². The standard InChI is InChI=1S/C42H41N3O8/c1-43(2)30-27-31(50-23-19-48-21-25-52-41(46)44-37-15-7-3-11-33(37)34-12-4-8-16-38(34)44)29-32(28-30)51-24-20-49-22-26-53-42(47)45-39-17-9-5-13-35(39)36-14-6-10-18-40(36)45/h3-18,27-29H,19-26H2,1-2H3. The number of aromatic nitrogens is 2. The maximum absolute atomic E-state index is 13.0. The Balaban J connectivity index is 0.818. The minimum Gasteiger partial charge on any atom is -0.491 e. The van der Waals surface area contributed by atoms with Crippen LogP contribution in [0.2, 0.25) is 0 Å². The topological polar surface area (TPSA) is 103 Å². The number of hydrogen-bond acceptors (Lipinski definition) is 9. The van der Waals surface area contributed by atoms with Crippen LogP contribution in [0.3, 0.4) is 0 Å². The molecule has 0 atom stereocenters. The molecule has 7 rings (SSSR count). The molecule has 0 aliphatic rings. The molecule has 0 fully saturated rings. The van der Waals surface area contributed by atoms with E-state index in [1.165, 1.54) is 0 Å². The van der Waals surface area contributed by atoms with Gasteiger partial charge in [-0.15, -0.1) is 0 Å². The summed E-state index contributed by atoms with van der Waals surface area (Å²) in [6.07, 6.45) is -0.890. The highest BCUT2D eigenvalue weighted by atomic mass is 16.6. The van der Waals surface area contributed by atoms with Gasteiger partial charge in [0.05, 0.1) is 48.5 Å². The molecule has 2 heterocycles. The maximum atomic E-state index is 13.0. The normalized spacial score (nSPS) is 11.4. The Morgan fingerprint density at radius 1 is 0.472 bits per heavy atom. The van der Waals surface area contributed by atoms with E-state index in [0.717, 1.165) is 49.3 Å². The molecule has 0 aliphatic heterocycles. The zero-order valence-electron chi connectivity index (χ0n) is 29.7. The largest absolute Gasteiger partial charge is 0.491 e. The lowest BCUT2D eigenvalue weighted by Gasteiger charge is -2.17. The number of para-hydroxylation sites is 4. The number of carbonyl (C=O) groups is 2. The van der Waals surface area contributed by atoms with Crippen LogP contribution in [0.1, 0.15) is 0 Å². The molecule has 0 saturated heterocycles. The SMILES string of the molecule is CN(C)c1cc(OCCOCCOC(=O)n2c3ccccc3c3ccccc32)cc(OCCOCCOC(=O)n2c3ccccc3c3ccccc32)c1. The summed E-state index contributed by atoms with van der Waals surface area (Å²) in [4.78, 5) is 28.0. The molecule has 272 valence electrons. The molecule has 11 nitrogen and oxygen atoms in total. The third kappa shape index (κ3) is 7.91. The average molecular weight is 716 g/mol. The molecule has 0 N–H and O–H groups in total. The summed E-state index contributed by atoms with van der Waals surface area (Å²) in [5.74, 6) is 1.26. The smallest absolute Gasteiger partial charge is 0.419 e. The molecule has 0 unspecified atom stereocenters. The van der Waals surface area contributed by atoms with Crippen molar-refractivity contribution in [3.05, 3.63) is 115 Å². The van der Waals surface area contributed by atoms with Gasteiger partial charge in [-0.3, -0.25) is 0 Å². The Hall–Kier alpha value is -6.04. The molecule has 0 radical (unpaired) electrons. The summed E-state index contributed by atoms with van der Waals surface area (Å²) < 4.78 is 37.6. The Morgan fingerprint density at radius 2 is 0.811 bits per heavy atom. The number of carbonyl (C=O) groups excluding carboxylic acids is 2. The van der Waals surface area contributed by atoms with Crippen molar-refractivity contribution in [3.8, 4) is 11.5 Å². The number of rotatable bonds is 15. The zero-order chi connectivity index (χ0) is 36.6. The van der Waals surface area contributed by atoms with Gasteiger partial charge in [-0.1, -0.05) is 72.8 Å². The van der Waals surface area contributed by atoms with Crippen molar-refractivity contribution >= 4 is 61.5 Å². The number of anilines is 1. The van der Waals surface area contributed by atoms with Gasteiger partial charge in [0.15, 0.2) is 0 Å². The van der Waals surface area contributed by atoms with Gasteiger partial charge in [-0.05, 0) is 24.3 Å². The number of ether oxygens (including phenoxy) is 6. The van der Waals surface area contributed by atoms with Crippen LogP contribution in [-0.2, 0) is 18.9 Å². The Bertz CT molecular complexity index is 2100. The van der Waals surface area contributed by atoms with Crippen LogP contribution in [0.4, 0.5) is 15.3 Å². The summed E-state index contributed by atoms with van der Waals surface area (Å²) in [6, 6.07) is 36.8. The van der Waals surface area contributed by atoms with Crippen molar-refractivity contribution in [1.82, 2.24) is 9.13 Å². The van der Waals surface area contributed by atoms with E-state index >= 15 is 0 Å². The van der Waals surface area contributed by atoms with E-state index < -0.39 is 12.2 Å². The van der Waals surface area contributed by atoms with Gasteiger partial charge in [0.2, 0.25) is 0 Å². The van der Waals surface area contributed by atoms with Gasteiger partial charge in [0, 0.05) is 59.5 Å². The van der Waals surface area contributed by atoms with E-state index in [-0.39, 0.29) is 26.4 Å². The first-order valence-electron chi connectivity index (χ1n) is 17.5. The first kappa shape index (κ1) is 35.4. The van der Waals surface area contributed by atoms with E-state index in [1.807, 2.05) is 134 Å². The van der Waals surface area contributed by atoms with Crippen LogP contribution in [0.25, 0.3) is 43.6 Å². The molecular weight excluding hydrogens is 674 g/mol. The molecule has 0 bridgehead atoms. The maximum Gasteiger partial charge on any atom is 0.419 e. The molecule has 0 spiro atoms. The fourth-order valence-corrected chi connectivity index (χ4v) is 6.37. The second-order valence-corrected chi connectivity index (χ2v) is 12.4. The summed E-state index contributed by atoms with van der Waals surface area (Å²) in [6.45, 7) is 1.91. The summed E-state index contributed by atoms with van der Waals surface area (Å²) in [5.41, 5.74) is 4.13. The second kappa shape index (κ2) is 16.5. The number of hydrogen-bond donors (Lipinski definition) is 0. The molecule has 0 saturated carbocycles. The molecule has 0 aliphatic carbocycles. The highest BCUT2D eigenvalue weighted by molar-refractivity contribution is 6.13. The van der Waals surface area contributed by atoms with Gasteiger partial charge in [-0.2, -0.15) is 0 Å². The highest BCUT2D eigenvalue weighted by Crippen LogP contribution is 2.31. The minimum absolute atomic E-state index is 0.111. The number of benzene rings is 5. The quantitative estimate of drug-likeness (QED) is 0.0974. The van der Waals surface area contributed by atoms with E-state index in [2.05, 4.69) is 0 Å². The van der Waals surface area contributed by atoms with E-state index in [1.54, 1.807) is 9.13 Å². The third-order valence-electron chi connectivity index (χ3n) is 8.81. The summed E-state index contributed by atoms with van der Waals surface area (Å²) in [5, 5.41) is 4.00. The molecule has 2 aromatic heterocycles. The Labute approximate surface area is 306 Å². The fourth-order valence-electron chi connectivity index (χ4n) is 6.37. The van der Waals surface area contributed by atoms with E-state index in [0.29, 0.717) is 37.9 Å². The third-order valence-corrected chi connectivity index (χ3v) is 8.81. The predicted octanol–water partition coefficient (Wildman–Crippen LogP) is 8.13. The second-order valence-electron chi connectivity index (χ2n) is 12.4. The predicted molar refractivity (Wildman–Crippen MR) is 206 cm³/mol. The first-order valence-corrected chi connectivity index (χ1v) is 17.5. The minimum atomic E-state index is -0.445. The van der Waals surface area contributed by atoms with Gasteiger partial charge < -0.3 is 33.3 Å². The Morgan fingerprint density at radius 3 is 1.17 bits per heavy atom. The van der Waals surface area contributed by atoms with Crippen LogP contribution in [0, 0.1) is 0 Å². The van der Waals surface area contributed by atoms with Crippen LogP contribution >= 0.6 is 0 Å². The van der Waals surface area contributed by atoms with Crippen molar-refractivity contribution in [2.24, 2.45) is 0 Å². The lowest BCUT2D eigenvalue weighted by Crippen LogP contribution is -2.18. The molecule has 7 aromatic rings. The van der Waals surface area contributed by atoms with Crippen molar-refractivity contribution in [2.45, 2.75) is 0 Å². The van der Waals surface area contributed by atoms with Crippen molar-refractivity contribution < 1.29 is 38.0 Å².